The van der Waals surface area contributed by atoms with Gasteiger partial charge in [-0.05, 0) is 49.0 Å². The van der Waals surface area contributed by atoms with Gasteiger partial charge >= 0.3 is 11.9 Å². The van der Waals surface area contributed by atoms with E-state index in [1.807, 2.05) is 6.07 Å². The van der Waals surface area contributed by atoms with Crippen molar-refractivity contribution in [2.75, 3.05) is 26.2 Å². The number of hydrogen-bond donors (Lipinski definition) is 0. The highest BCUT2D eigenvalue weighted by Gasteiger charge is 2.28. The van der Waals surface area contributed by atoms with Crippen LogP contribution in [-0.4, -0.2) is 48.2 Å². The number of aromatic nitrogens is 1. The third-order valence-electron chi connectivity index (χ3n) is 6.08. The maximum absolute atomic E-state index is 12.1. The fraction of sp³-hybridized carbons (Fsp3) is 0.320. The molecule has 8 nitrogen and oxygen atoms in total. The summed E-state index contributed by atoms with van der Waals surface area (Å²) in [5.41, 5.74) is 1.62. The lowest BCUT2D eigenvalue weighted by Gasteiger charge is -2.31. The van der Waals surface area contributed by atoms with Crippen LogP contribution in [0.5, 0.6) is 17.4 Å². The Morgan fingerprint density at radius 2 is 1.74 bits per heavy atom. The highest BCUT2D eigenvalue weighted by molar-refractivity contribution is 6.33. The van der Waals surface area contributed by atoms with E-state index in [9.17, 15) is 9.59 Å². The average molecular weight is 483 g/mol. The van der Waals surface area contributed by atoms with E-state index in [2.05, 4.69) is 34.3 Å². The molecule has 0 aliphatic carbocycles. The topological polar surface area (TPSA) is 91.1 Å². The molecular formula is C25H23ClN2O6. The fourth-order valence-electron chi connectivity index (χ4n) is 4.20. The smallest absolute Gasteiger partial charge is 0.336 e. The van der Waals surface area contributed by atoms with Gasteiger partial charge in [-0.1, -0.05) is 41.9 Å². The van der Waals surface area contributed by atoms with E-state index in [0.29, 0.717) is 17.9 Å². The standard InChI is InChI=1S/C25H23ClN2O6/c26-18-14-19-22(24-23(18)32-20(29)6-7-21(30)33-24)25(27-34-19)31-15-17-9-12-28(13-10-17)11-8-16-4-2-1-3-5-16/h1-7,14,17H,8-13,15H2/b7-6+. The second kappa shape index (κ2) is 9.87. The van der Waals surface area contributed by atoms with E-state index >= 15 is 0 Å². The van der Waals surface area contributed by atoms with E-state index in [4.69, 9.17) is 30.3 Å². The van der Waals surface area contributed by atoms with Gasteiger partial charge in [0.05, 0.1) is 11.6 Å². The molecule has 34 heavy (non-hydrogen) atoms. The molecule has 9 heteroatoms. The lowest BCUT2D eigenvalue weighted by atomic mass is 9.97. The van der Waals surface area contributed by atoms with Crippen LogP contribution < -0.4 is 14.2 Å². The minimum atomic E-state index is -0.739. The number of esters is 2. The molecule has 1 saturated heterocycles. The Morgan fingerprint density at radius 3 is 2.47 bits per heavy atom. The molecule has 0 saturated carbocycles. The SMILES string of the molecule is O=C1/C=C/C(=O)Oc2c(c(Cl)cc3onc(OCC4CCN(CCc5ccccc5)CC4)c23)O1. The van der Waals surface area contributed by atoms with Crippen molar-refractivity contribution in [3.05, 3.63) is 59.1 Å². The van der Waals surface area contributed by atoms with Gasteiger partial charge in [0, 0.05) is 24.8 Å². The van der Waals surface area contributed by atoms with Crippen LogP contribution in [-0.2, 0) is 16.0 Å². The summed E-state index contributed by atoms with van der Waals surface area (Å²) in [6.45, 7) is 3.49. The number of ether oxygens (including phenoxy) is 3. The molecule has 2 aliphatic rings. The van der Waals surface area contributed by atoms with E-state index in [0.717, 1.165) is 51.0 Å². The molecule has 3 heterocycles. The third kappa shape index (κ3) is 4.93. The van der Waals surface area contributed by atoms with Gasteiger partial charge in [0.1, 0.15) is 5.39 Å². The minimum absolute atomic E-state index is 0.0443. The van der Waals surface area contributed by atoms with Crippen LogP contribution in [0.25, 0.3) is 11.0 Å². The van der Waals surface area contributed by atoms with E-state index < -0.39 is 11.9 Å². The van der Waals surface area contributed by atoms with Gasteiger partial charge in [0.15, 0.2) is 17.1 Å². The van der Waals surface area contributed by atoms with Crippen LogP contribution in [0.2, 0.25) is 5.02 Å². The van der Waals surface area contributed by atoms with Crippen LogP contribution in [0.15, 0.2) is 53.1 Å². The third-order valence-corrected chi connectivity index (χ3v) is 6.36. The molecule has 0 unspecified atom stereocenters. The number of piperidine rings is 1. The van der Waals surface area contributed by atoms with Crippen LogP contribution in [0, 0.1) is 5.92 Å². The van der Waals surface area contributed by atoms with Gasteiger partial charge in [-0.15, -0.1) is 0 Å². The maximum Gasteiger partial charge on any atom is 0.336 e. The summed E-state index contributed by atoms with van der Waals surface area (Å²) in [7, 11) is 0. The summed E-state index contributed by atoms with van der Waals surface area (Å²) in [6.07, 6.45) is 5.01. The van der Waals surface area contributed by atoms with Gasteiger partial charge in [0.2, 0.25) is 0 Å². The quantitative estimate of drug-likeness (QED) is 0.381. The molecule has 2 aromatic carbocycles. The summed E-state index contributed by atoms with van der Waals surface area (Å²) >= 11 is 6.22. The van der Waals surface area contributed by atoms with Crippen molar-refractivity contribution in [1.82, 2.24) is 10.1 Å². The minimum Gasteiger partial charge on any atom is -0.475 e. The second-order valence-corrected chi connectivity index (χ2v) is 8.79. The van der Waals surface area contributed by atoms with Crippen molar-refractivity contribution < 1.29 is 28.3 Å². The zero-order valence-corrected chi connectivity index (χ0v) is 19.1. The first-order chi connectivity index (χ1) is 16.6. The number of hydrogen-bond acceptors (Lipinski definition) is 8. The molecule has 3 aromatic rings. The summed E-state index contributed by atoms with van der Waals surface area (Å²) in [5, 5.41) is 4.35. The van der Waals surface area contributed by atoms with E-state index in [1.165, 1.54) is 11.6 Å². The molecule has 0 amide bonds. The largest absolute Gasteiger partial charge is 0.475 e. The number of nitrogens with zero attached hydrogens (tertiary/aromatic N) is 2. The Kier molecular flexibility index (Phi) is 6.51. The molecular weight excluding hydrogens is 460 g/mol. The Hall–Kier alpha value is -3.36. The molecule has 0 radical (unpaired) electrons. The second-order valence-electron chi connectivity index (χ2n) is 8.38. The first-order valence-electron chi connectivity index (χ1n) is 11.2. The van der Waals surface area contributed by atoms with Crippen molar-refractivity contribution in [3.63, 3.8) is 0 Å². The highest BCUT2D eigenvalue weighted by Crippen LogP contribution is 2.46. The van der Waals surface area contributed by atoms with Crippen molar-refractivity contribution in [2.45, 2.75) is 19.3 Å². The summed E-state index contributed by atoms with van der Waals surface area (Å²) in [5.74, 6) is -1.07. The molecule has 1 fully saturated rings. The number of carbonyl (C=O) groups is 2. The Morgan fingerprint density at radius 1 is 1.03 bits per heavy atom. The number of rotatable bonds is 6. The first-order valence-corrected chi connectivity index (χ1v) is 11.6. The Labute approximate surface area is 201 Å². The van der Waals surface area contributed by atoms with Crippen LogP contribution >= 0.6 is 11.6 Å². The number of likely N-dealkylation sites (tertiary alicyclic amines) is 1. The predicted molar refractivity (Wildman–Crippen MR) is 124 cm³/mol. The summed E-state index contributed by atoms with van der Waals surface area (Å²) in [6, 6.07) is 12.0. The molecule has 1 aromatic heterocycles. The molecule has 0 spiro atoms. The van der Waals surface area contributed by atoms with Gasteiger partial charge < -0.3 is 23.6 Å². The monoisotopic (exact) mass is 482 g/mol. The van der Waals surface area contributed by atoms with Gasteiger partial charge in [-0.2, -0.15) is 0 Å². The van der Waals surface area contributed by atoms with Crippen molar-refractivity contribution >= 4 is 34.5 Å². The highest BCUT2D eigenvalue weighted by atomic mass is 35.5. The zero-order chi connectivity index (χ0) is 23.5. The van der Waals surface area contributed by atoms with Crippen molar-refractivity contribution in [3.8, 4) is 17.4 Å². The predicted octanol–water partition coefficient (Wildman–Crippen LogP) is 4.20. The molecule has 5 rings (SSSR count). The molecule has 0 bridgehead atoms. The van der Waals surface area contributed by atoms with Crippen LogP contribution in [0.3, 0.4) is 0 Å². The van der Waals surface area contributed by atoms with Crippen molar-refractivity contribution in [2.24, 2.45) is 5.92 Å². The van der Waals surface area contributed by atoms with Gasteiger partial charge in [0.25, 0.3) is 5.88 Å². The average Bonchev–Trinajstić information content (AvgIpc) is 3.25. The summed E-state index contributed by atoms with van der Waals surface area (Å²) in [4.78, 5) is 26.4. The van der Waals surface area contributed by atoms with Crippen LogP contribution in [0.1, 0.15) is 18.4 Å². The maximum atomic E-state index is 12.1. The zero-order valence-electron chi connectivity index (χ0n) is 18.4. The molecule has 2 aliphatic heterocycles. The lowest BCUT2D eigenvalue weighted by molar-refractivity contribution is -0.133. The van der Waals surface area contributed by atoms with Gasteiger partial charge in [-0.25, -0.2) is 9.59 Å². The molecule has 176 valence electrons. The van der Waals surface area contributed by atoms with Crippen molar-refractivity contribution in [1.29, 1.82) is 0 Å². The van der Waals surface area contributed by atoms with E-state index in [1.54, 1.807) is 0 Å². The molecule has 0 atom stereocenters. The number of benzene rings is 2. The summed E-state index contributed by atoms with van der Waals surface area (Å²) < 4.78 is 21.9. The Balaban J connectivity index is 1.24. The van der Waals surface area contributed by atoms with Gasteiger partial charge in [-0.3, -0.25) is 0 Å². The lowest BCUT2D eigenvalue weighted by Crippen LogP contribution is -2.36. The Bertz CT molecular complexity index is 1230. The number of fused-ring (bicyclic) bond motifs is 3. The molecule has 0 N–H and O–H groups in total. The first kappa shape index (κ1) is 22.4. The number of halogens is 1. The number of carbonyl (C=O) groups excluding carboxylic acids is 2. The normalized spacial score (nSPS) is 18.0. The fourth-order valence-corrected chi connectivity index (χ4v) is 4.42. The van der Waals surface area contributed by atoms with Crippen LogP contribution in [0.4, 0.5) is 0 Å². The van der Waals surface area contributed by atoms with E-state index in [-0.39, 0.29) is 28.0 Å².